The minimum atomic E-state index is -0.555. The second-order valence-corrected chi connectivity index (χ2v) is 5.12. The summed E-state index contributed by atoms with van der Waals surface area (Å²) in [5.41, 5.74) is 1.70. The van der Waals surface area contributed by atoms with Crippen molar-refractivity contribution in [2.75, 3.05) is 12.0 Å². The van der Waals surface area contributed by atoms with Crippen LogP contribution in [-0.2, 0) is 11.3 Å². The number of fused-ring (bicyclic) bond motifs is 1. The number of carbonyl (C=O) groups is 2. The van der Waals surface area contributed by atoms with Crippen molar-refractivity contribution in [3.63, 3.8) is 0 Å². The number of halogens is 1. The van der Waals surface area contributed by atoms with Crippen LogP contribution in [0.15, 0.2) is 42.5 Å². The number of rotatable bonds is 3. The van der Waals surface area contributed by atoms with Crippen molar-refractivity contribution < 1.29 is 14.3 Å². The lowest BCUT2D eigenvalue weighted by molar-refractivity contribution is -0.114. The van der Waals surface area contributed by atoms with Crippen LogP contribution in [0.1, 0.15) is 15.9 Å². The van der Waals surface area contributed by atoms with Crippen LogP contribution in [0.4, 0.5) is 5.69 Å². The third kappa shape index (κ3) is 2.28. The number of Topliss-reactive ketones (excluding diaryl/α,β-unsaturated/α-hetero) is 1. The van der Waals surface area contributed by atoms with Crippen molar-refractivity contribution in [3.05, 3.63) is 58.6 Å². The number of amides is 1. The molecule has 0 aliphatic carbocycles. The fourth-order valence-corrected chi connectivity index (χ4v) is 2.69. The zero-order chi connectivity index (χ0) is 15.0. The quantitative estimate of drug-likeness (QED) is 0.819. The van der Waals surface area contributed by atoms with Gasteiger partial charge in [0, 0.05) is 0 Å². The highest BCUT2D eigenvalue weighted by Crippen LogP contribution is 2.36. The number of anilines is 1. The summed E-state index contributed by atoms with van der Waals surface area (Å²) < 4.78 is 5.16. The molecule has 1 aliphatic heterocycles. The van der Waals surface area contributed by atoms with Gasteiger partial charge in [-0.2, -0.15) is 0 Å². The van der Waals surface area contributed by atoms with Gasteiger partial charge in [-0.1, -0.05) is 29.8 Å². The number of nitrogens with zero attached hydrogens (tertiary/aromatic N) is 1. The van der Waals surface area contributed by atoms with E-state index in [2.05, 4.69) is 0 Å². The highest BCUT2D eigenvalue weighted by Gasteiger charge is 2.37. The van der Waals surface area contributed by atoms with Crippen LogP contribution < -0.4 is 9.64 Å². The zero-order valence-corrected chi connectivity index (χ0v) is 12.1. The fourth-order valence-electron chi connectivity index (χ4n) is 2.42. The van der Waals surface area contributed by atoms with Gasteiger partial charge < -0.3 is 4.74 Å². The minimum absolute atomic E-state index is 0.276. The van der Waals surface area contributed by atoms with Crippen LogP contribution in [-0.4, -0.2) is 18.8 Å². The Balaban J connectivity index is 2.00. The largest absolute Gasteiger partial charge is 0.497 e. The first kappa shape index (κ1) is 13.6. The Morgan fingerprint density at radius 2 is 1.90 bits per heavy atom. The van der Waals surface area contributed by atoms with Gasteiger partial charge in [-0.25, -0.2) is 0 Å². The SMILES string of the molecule is COc1cccc(CN2C(=O)C(=O)c3cccc(Cl)c32)c1. The fraction of sp³-hybridized carbons (Fsp3) is 0.125. The third-order valence-electron chi connectivity index (χ3n) is 3.42. The molecule has 0 N–H and O–H groups in total. The summed E-state index contributed by atoms with van der Waals surface area (Å²) in [6.07, 6.45) is 0. The summed E-state index contributed by atoms with van der Waals surface area (Å²) in [5.74, 6) is -0.374. The Hall–Kier alpha value is -2.33. The van der Waals surface area contributed by atoms with Gasteiger partial charge in [0.2, 0.25) is 0 Å². The van der Waals surface area contributed by atoms with E-state index < -0.39 is 11.7 Å². The molecule has 21 heavy (non-hydrogen) atoms. The summed E-state index contributed by atoms with van der Waals surface area (Å²) in [4.78, 5) is 25.6. The molecule has 0 unspecified atom stereocenters. The first-order valence-corrected chi connectivity index (χ1v) is 6.77. The number of hydrogen-bond acceptors (Lipinski definition) is 3. The molecule has 0 saturated carbocycles. The monoisotopic (exact) mass is 301 g/mol. The average molecular weight is 302 g/mol. The van der Waals surface area contributed by atoms with Gasteiger partial charge in [-0.05, 0) is 29.8 Å². The Kier molecular flexibility index (Phi) is 3.39. The predicted molar refractivity (Wildman–Crippen MR) is 80.0 cm³/mol. The van der Waals surface area contributed by atoms with E-state index in [1.807, 2.05) is 24.3 Å². The topological polar surface area (TPSA) is 46.6 Å². The number of para-hydroxylation sites is 1. The lowest BCUT2D eigenvalue weighted by Crippen LogP contribution is -2.29. The van der Waals surface area contributed by atoms with Crippen molar-refractivity contribution in [1.82, 2.24) is 0 Å². The van der Waals surface area contributed by atoms with E-state index in [9.17, 15) is 9.59 Å². The van der Waals surface area contributed by atoms with Gasteiger partial charge >= 0.3 is 0 Å². The number of methoxy groups -OCH3 is 1. The number of benzene rings is 2. The van der Waals surface area contributed by atoms with Gasteiger partial charge in [0.15, 0.2) is 0 Å². The highest BCUT2D eigenvalue weighted by atomic mass is 35.5. The lowest BCUT2D eigenvalue weighted by Gasteiger charge is -2.18. The molecule has 0 bridgehead atoms. The van der Waals surface area contributed by atoms with Crippen LogP contribution in [0.3, 0.4) is 0 Å². The minimum Gasteiger partial charge on any atom is -0.497 e. The first-order chi connectivity index (χ1) is 10.1. The maximum atomic E-state index is 12.2. The van der Waals surface area contributed by atoms with Crippen LogP contribution in [0.2, 0.25) is 5.02 Å². The summed E-state index contributed by atoms with van der Waals surface area (Å²) in [6, 6.07) is 12.3. The van der Waals surface area contributed by atoms with Gasteiger partial charge in [0.05, 0.1) is 29.9 Å². The normalized spacial score (nSPS) is 13.5. The van der Waals surface area contributed by atoms with E-state index in [-0.39, 0.29) is 6.54 Å². The smallest absolute Gasteiger partial charge is 0.299 e. The lowest BCUT2D eigenvalue weighted by atomic mass is 10.1. The molecule has 0 atom stereocenters. The Morgan fingerprint density at radius 3 is 2.67 bits per heavy atom. The molecule has 3 rings (SSSR count). The molecule has 1 amide bonds. The molecule has 2 aromatic rings. The second-order valence-electron chi connectivity index (χ2n) is 4.71. The number of carbonyl (C=O) groups excluding carboxylic acids is 2. The second kappa shape index (κ2) is 5.22. The Bertz CT molecular complexity index is 742. The van der Waals surface area contributed by atoms with Crippen molar-refractivity contribution in [2.24, 2.45) is 0 Å². The molecule has 0 spiro atoms. The van der Waals surface area contributed by atoms with Gasteiger partial charge in [-0.3, -0.25) is 14.5 Å². The number of ketones is 1. The molecule has 5 heteroatoms. The van der Waals surface area contributed by atoms with E-state index in [4.69, 9.17) is 16.3 Å². The first-order valence-electron chi connectivity index (χ1n) is 6.39. The van der Waals surface area contributed by atoms with Crippen molar-refractivity contribution >= 4 is 29.0 Å². The molecule has 106 valence electrons. The van der Waals surface area contributed by atoms with Gasteiger partial charge in [0.25, 0.3) is 11.7 Å². The molecular weight excluding hydrogens is 290 g/mol. The maximum Gasteiger partial charge on any atom is 0.299 e. The van der Waals surface area contributed by atoms with E-state index in [0.717, 1.165) is 5.56 Å². The molecule has 0 radical (unpaired) electrons. The summed E-state index contributed by atoms with van der Waals surface area (Å²) in [6.45, 7) is 0.276. The van der Waals surface area contributed by atoms with Crippen LogP contribution >= 0.6 is 11.6 Å². The molecule has 1 aliphatic rings. The van der Waals surface area contributed by atoms with E-state index in [1.165, 1.54) is 4.90 Å². The van der Waals surface area contributed by atoms with Crippen molar-refractivity contribution in [2.45, 2.75) is 6.54 Å². The third-order valence-corrected chi connectivity index (χ3v) is 3.72. The molecule has 0 fully saturated rings. The summed E-state index contributed by atoms with van der Waals surface area (Å²) in [7, 11) is 1.58. The van der Waals surface area contributed by atoms with Gasteiger partial charge in [0.1, 0.15) is 5.75 Å². The molecular formula is C16H12ClNO3. The molecule has 0 aromatic heterocycles. The number of ether oxygens (including phenoxy) is 1. The van der Waals surface area contributed by atoms with Crippen molar-refractivity contribution in [3.8, 4) is 5.75 Å². The molecule has 1 heterocycles. The predicted octanol–water partition coefficient (Wildman–Crippen LogP) is 3.08. The van der Waals surface area contributed by atoms with Crippen molar-refractivity contribution in [1.29, 1.82) is 0 Å². The van der Waals surface area contributed by atoms with Crippen LogP contribution in [0.25, 0.3) is 0 Å². The Labute approximate surface area is 126 Å². The summed E-state index contributed by atoms with van der Waals surface area (Å²) >= 11 is 6.15. The highest BCUT2D eigenvalue weighted by molar-refractivity contribution is 6.54. The standard InChI is InChI=1S/C16H12ClNO3/c1-21-11-5-2-4-10(8-11)9-18-14-12(15(19)16(18)20)6-3-7-13(14)17/h2-8H,9H2,1H3. The molecule has 4 nitrogen and oxygen atoms in total. The van der Waals surface area contributed by atoms with E-state index in [0.29, 0.717) is 22.0 Å². The maximum absolute atomic E-state index is 12.2. The van der Waals surface area contributed by atoms with Gasteiger partial charge in [-0.15, -0.1) is 0 Å². The molecule has 0 saturated heterocycles. The van der Waals surface area contributed by atoms with E-state index in [1.54, 1.807) is 25.3 Å². The number of hydrogen-bond donors (Lipinski definition) is 0. The average Bonchev–Trinajstić information content (AvgIpc) is 2.74. The van der Waals surface area contributed by atoms with E-state index >= 15 is 0 Å². The summed E-state index contributed by atoms with van der Waals surface area (Å²) in [5, 5.41) is 0.398. The van der Waals surface area contributed by atoms with Crippen LogP contribution in [0.5, 0.6) is 5.75 Å². The Morgan fingerprint density at radius 1 is 1.14 bits per heavy atom. The zero-order valence-electron chi connectivity index (χ0n) is 11.3. The molecule has 2 aromatic carbocycles. The van der Waals surface area contributed by atoms with Crippen LogP contribution in [0, 0.1) is 0 Å².